The lowest BCUT2D eigenvalue weighted by molar-refractivity contribution is -0.128. The number of hydrogen-bond acceptors (Lipinski definition) is 5. The fraction of sp³-hybridized carbons (Fsp3) is 0.273. The number of hydrogen-bond donors (Lipinski definition) is 3. The summed E-state index contributed by atoms with van der Waals surface area (Å²) in [6, 6.07) is 8.15. The summed E-state index contributed by atoms with van der Waals surface area (Å²) in [7, 11) is 0. The van der Waals surface area contributed by atoms with E-state index in [4.69, 9.17) is 23.2 Å². The lowest BCUT2D eigenvalue weighted by atomic mass is 10.0. The number of nitrogens with one attached hydrogen (secondary N) is 3. The molecule has 2 amide bonds. The van der Waals surface area contributed by atoms with E-state index < -0.39 is 29.3 Å². The maximum atomic E-state index is 13.5. The summed E-state index contributed by atoms with van der Waals surface area (Å²) in [5.74, 6) is -1.68. The largest absolute Gasteiger partial charge is 0.341 e. The third-order valence-electron chi connectivity index (χ3n) is 4.62. The molecule has 0 aliphatic carbocycles. The van der Waals surface area contributed by atoms with Crippen molar-refractivity contribution in [3.05, 3.63) is 53.6 Å². The van der Waals surface area contributed by atoms with Gasteiger partial charge in [0.25, 0.3) is 11.5 Å². The first kappa shape index (κ1) is 24.6. The average Bonchev–Trinajstić information content (AvgIpc) is 2.75. The molecular formula is C22H21Cl2F2N5O2. The van der Waals surface area contributed by atoms with Crippen LogP contribution in [-0.4, -0.2) is 33.5 Å². The van der Waals surface area contributed by atoms with Gasteiger partial charge in [-0.15, -0.1) is 0 Å². The van der Waals surface area contributed by atoms with E-state index in [1.54, 1.807) is 18.2 Å². The van der Waals surface area contributed by atoms with Gasteiger partial charge in [-0.25, -0.2) is 18.7 Å². The molecule has 0 spiro atoms. The lowest BCUT2D eigenvalue weighted by Gasteiger charge is -2.20. The number of halogens is 4. The zero-order valence-electron chi connectivity index (χ0n) is 17.7. The Morgan fingerprint density at radius 2 is 1.79 bits per heavy atom. The molecule has 0 saturated carbocycles. The van der Waals surface area contributed by atoms with Gasteiger partial charge >= 0.3 is 0 Å². The number of carbonyl (C=O) groups is 2. The van der Waals surface area contributed by atoms with Gasteiger partial charge in [0.05, 0.1) is 10.5 Å². The molecule has 33 heavy (non-hydrogen) atoms. The van der Waals surface area contributed by atoms with Crippen LogP contribution >= 0.6 is 23.2 Å². The van der Waals surface area contributed by atoms with Gasteiger partial charge in [-0.2, -0.15) is 0 Å². The quantitative estimate of drug-likeness (QED) is 0.374. The van der Waals surface area contributed by atoms with Crippen molar-refractivity contribution in [3.8, 4) is 0 Å². The van der Waals surface area contributed by atoms with Gasteiger partial charge in [0.15, 0.2) is 0 Å². The second-order valence-electron chi connectivity index (χ2n) is 7.69. The molecule has 0 aliphatic heterocycles. The summed E-state index contributed by atoms with van der Waals surface area (Å²) in [5.41, 5.74) is -0.738. The first-order valence-corrected chi connectivity index (χ1v) is 10.8. The van der Waals surface area contributed by atoms with E-state index in [-0.39, 0.29) is 17.4 Å². The van der Waals surface area contributed by atoms with Gasteiger partial charge in [-0.3, -0.25) is 9.59 Å². The minimum absolute atomic E-state index is 0.0444. The summed E-state index contributed by atoms with van der Waals surface area (Å²) in [5, 5.41) is 8.62. The van der Waals surface area contributed by atoms with Crippen molar-refractivity contribution in [3.63, 3.8) is 0 Å². The van der Waals surface area contributed by atoms with Crippen LogP contribution in [0.15, 0.2) is 42.7 Å². The van der Waals surface area contributed by atoms with Crippen LogP contribution in [-0.2, 0) is 9.59 Å². The molecule has 174 valence electrons. The van der Waals surface area contributed by atoms with E-state index in [1.807, 2.05) is 13.8 Å². The number of rotatable bonds is 8. The molecule has 0 aliphatic rings. The topological polar surface area (TPSA) is 96.0 Å². The zero-order valence-corrected chi connectivity index (χ0v) is 19.2. The van der Waals surface area contributed by atoms with Crippen LogP contribution in [0.5, 0.6) is 0 Å². The molecule has 3 N–H and O–H groups in total. The van der Waals surface area contributed by atoms with E-state index in [9.17, 15) is 18.4 Å². The number of aromatic nitrogens is 2. The van der Waals surface area contributed by atoms with Gasteiger partial charge in [0.2, 0.25) is 5.91 Å². The van der Waals surface area contributed by atoms with E-state index >= 15 is 0 Å². The molecule has 7 nitrogen and oxygen atoms in total. The Bertz CT molecular complexity index is 1180. The number of amides is 2. The zero-order chi connectivity index (χ0) is 24.1. The molecule has 0 fully saturated rings. The Morgan fingerprint density at radius 3 is 2.45 bits per heavy atom. The number of fused-ring (bicyclic) bond motifs is 1. The van der Waals surface area contributed by atoms with Gasteiger partial charge in [0, 0.05) is 16.8 Å². The van der Waals surface area contributed by atoms with Crippen LogP contribution in [0.3, 0.4) is 0 Å². The fourth-order valence-electron chi connectivity index (χ4n) is 3.11. The Morgan fingerprint density at radius 1 is 1.06 bits per heavy atom. The third kappa shape index (κ3) is 6.49. The van der Waals surface area contributed by atoms with Crippen molar-refractivity contribution in [2.24, 2.45) is 5.92 Å². The SMILES string of the molecule is CC(C)C[C@@H](NC(=O)C(F)Cl)C(=O)Nc1ccc2ncnc(Nc3ccc(F)c(Cl)c3)c2c1. The van der Waals surface area contributed by atoms with E-state index in [1.165, 1.54) is 24.5 Å². The molecular weight excluding hydrogens is 475 g/mol. The molecule has 0 radical (unpaired) electrons. The summed E-state index contributed by atoms with van der Waals surface area (Å²) >= 11 is 11.0. The second kappa shape index (κ2) is 10.7. The average molecular weight is 496 g/mol. The standard InChI is InChI=1S/C22H21Cl2F2N5O2/c1-11(2)7-18(31-22(33)19(24)26)21(32)30-12-4-6-17-14(8-12)20(28-10-27-17)29-13-3-5-16(25)15(23)9-13/h3-6,8-11,18-19H,7H2,1-2H3,(H,30,32)(H,31,33)(H,27,28,29)/t18-,19?/m1/s1. The molecule has 1 aromatic heterocycles. The Hall–Kier alpha value is -3.04. The smallest absolute Gasteiger partial charge is 0.270 e. The van der Waals surface area contributed by atoms with Crippen molar-refractivity contribution in [2.75, 3.05) is 10.6 Å². The maximum absolute atomic E-state index is 13.5. The van der Waals surface area contributed by atoms with Crippen LogP contribution in [0.25, 0.3) is 10.9 Å². The predicted molar refractivity (Wildman–Crippen MR) is 125 cm³/mol. The van der Waals surface area contributed by atoms with Crippen molar-refractivity contribution in [1.82, 2.24) is 15.3 Å². The van der Waals surface area contributed by atoms with Crippen LogP contribution in [0, 0.1) is 11.7 Å². The van der Waals surface area contributed by atoms with Crippen LogP contribution in [0.2, 0.25) is 5.02 Å². The highest BCUT2D eigenvalue weighted by atomic mass is 35.5. The highest BCUT2D eigenvalue weighted by Gasteiger charge is 2.25. The van der Waals surface area contributed by atoms with Gasteiger partial charge in [-0.05, 0) is 48.7 Å². The minimum Gasteiger partial charge on any atom is -0.341 e. The summed E-state index contributed by atoms with van der Waals surface area (Å²) < 4.78 is 26.6. The monoisotopic (exact) mass is 495 g/mol. The molecule has 11 heteroatoms. The number of benzene rings is 2. The van der Waals surface area contributed by atoms with Gasteiger partial charge in [0.1, 0.15) is 24.0 Å². The molecule has 2 atom stereocenters. The van der Waals surface area contributed by atoms with Crippen molar-refractivity contribution < 1.29 is 18.4 Å². The van der Waals surface area contributed by atoms with Gasteiger partial charge < -0.3 is 16.0 Å². The molecule has 0 saturated heterocycles. The molecule has 0 bridgehead atoms. The van der Waals surface area contributed by atoms with Crippen molar-refractivity contribution in [1.29, 1.82) is 0 Å². The molecule has 3 rings (SSSR count). The lowest BCUT2D eigenvalue weighted by Crippen LogP contribution is -2.46. The Balaban J connectivity index is 1.85. The minimum atomic E-state index is -2.25. The first-order valence-electron chi connectivity index (χ1n) is 10.00. The van der Waals surface area contributed by atoms with E-state index in [2.05, 4.69) is 25.9 Å². The summed E-state index contributed by atoms with van der Waals surface area (Å²) in [4.78, 5) is 32.9. The Labute approximate surface area is 198 Å². The molecule has 2 aromatic carbocycles. The van der Waals surface area contributed by atoms with Crippen LogP contribution in [0.1, 0.15) is 20.3 Å². The number of anilines is 3. The maximum Gasteiger partial charge on any atom is 0.270 e. The van der Waals surface area contributed by atoms with E-state index in [0.29, 0.717) is 28.1 Å². The molecule has 1 heterocycles. The molecule has 1 unspecified atom stereocenters. The highest BCUT2D eigenvalue weighted by Crippen LogP contribution is 2.28. The fourth-order valence-corrected chi connectivity index (χ4v) is 3.36. The van der Waals surface area contributed by atoms with Crippen LogP contribution < -0.4 is 16.0 Å². The first-order chi connectivity index (χ1) is 15.6. The summed E-state index contributed by atoms with van der Waals surface area (Å²) in [6.45, 7) is 3.74. The third-order valence-corrected chi connectivity index (χ3v) is 5.11. The van der Waals surface area contributed by atoms with Crippen LogP contribution in [0.4, 0.5) is 26.0 Å². The van der Waals surface area contributed by atoms with E-state index in [0.717, 1.165) is 0 Å². The van der Waals surface area contributed by atoms with Crippen molar-refractivity contribution in [2.45, 2.75) is 31.9 Å². The predicted octanol–water partition coefficient (Wildman–Crippen LogP) is 5.17. The summed E-state index contributed by atoms with van der Waals surface area (Å²) in [6.07, 6.45) is 1.65. The second-order valence-corrected chi connectivity index (χ2v) is 8.48. The molecule has 3 aromatic rings. The highest BCUT2D eigenvalue weighted by molar-refractivity contribution is 6.31. The Kier molecular flexibility index (Phi) is 7.99. The van der Waals surface area contributed by atoms with Crippen molar-refractivity contribution >= 4 is 63.1 Å². The number of alkyl halides is 2. The normalized spacial score (nSPS) is 12.9. The number of nitrogens with zero attached hydrogens (tertiary/aromatic N) is 2. The van der Waals surface area contributed by atoms with Gasteiger partial charge in [-0.1, -0.05) is 37.0 Å². The number of carbonyl (C=O) groups excluding carboxylic acids is 2.